The quantitative estimate of drug-likeness (QED) is 0.602. The van der Waals surface area contributed by atoms with Crippen molar-refractivity contribution < 1.29 is 0 Å². The normalized spacial score (nSPS) is 14.0. The van der Waals surface area contributed by atoms with Gasteiger partial charge in [0.2, 0.25) is 0 Å². The van der Waals surface area contributed by atoms with Crippen LogP contribution in [0.15, 0.2) is 65.0 Å². The van der Waals surface area contributed by atoms with Crippen LogP contribution in [0.3, 0.4) is 0 Å². The molecule has 1 rings (SSSR count). The van der Waals surface area contributed by atoms with Gasteiger partial charge in [-0.1, -0.05) is 24.1 Å². The molecular formula is C20H27N3. The Morgan fingerprint density at radius 2 is 2.22 bits per heavy atom. The number of likely N-dealkylation sites (N-methyl/N-ethyl adjacent to an activating group) is 1. The summed E-state index contributed by atoms with van der Waals surface area (Å²) in [6, 6.07) is 0. The van der Waals surface area contributed by atoms with Gasteiger partial charge in [-0.2, -0.15) is 0 Å². The Kier molecular flexibility index (Phi) is 8.49. The topological polar surface area (TPSA) is 41.6 Å². The highest BCUT2D eigenvalue weighted by Crippen LogP contribution is 2.14. The van der Waals surface area contributed by atoms with E-state index in [2.05, 4.69) is 59.5 Å². The van der Waals surface area contributed by atoms with Crippen LogP contribution in [0.5, 0.6) is 0 Å². The molecule has 2 N–H and O–H groups in total. The van der Waals surface area contributed by atoms with E-state index in [1.165, 1.54) is 5.70 Å². The van der Waals surface area contributed by atoms with Crippen LogP contribution in [0.1, 0.15) is 27.2 Å². The fraction of sp³-hybridized carbons (Fsp3) is 0.350. The van der Waals surface area contributed by atoms with E-state index in [1.54, 1.807) is 12.3 Å². The number of allylic oxidation sites excluding steroid dienone is 7. The van der Waals surface area contributed by atoms with E-state index in [0.29, 0.717) is 12.3 Å². The fourth-order valence-electron chi connectivity index (χ4n) is 2.02. The number of aliphatic imine (C=N–C) groups is 1. The molecular weight excluding hydrogens is 282 g/mol. The van der Waals surface area contributed by atoms with Crippen LogP contribution in [-0.4, -0.2) is 30.2 Å². The molecule has 0 aromatic heterocycles. The van der Waals surface area contributed by atoms with E-state index >= 15 is 0 Å². The van der Waals surface area contributed by atoms with Gasteiger partial charge in [-0.25, -0.2) is 4.99 Å². The second-order valence-electron chi connectivity index (χ2n) is 5.43. The second-order valence-corrected chi connectivity index (χ2v) is 5.43. The monoisotopic (exact) mass is 309 g/mol. The molecule has 0 aromatic carbocycles. The van der Waals surface area contributed by atoms with Gasteiger partial charge in [0, 0.05) is 37.1 Å². The van der Waals surface area contributed by atoms with Crippen molar-refractivity contribution in [1.29, 1.82) is 0 Å². The van der Waals surface area contributed by atoms with Crippen LogP contribution >= 0.6 is 0 Å². The third-order valence-corrected chi connectivity index (χ3v) is 3.23. The minimum atomic E-state index is 0.652. The number of hydrogen-bond acceptors (Lipinski definition) is 3. The Hall–Kier alpha value is -2.31. The van der Waals surface area contributed by atoms with Crippen molar-refractivity contribution in [3.05, 3.63) is 60.0 Å². The first-order valence-corrected chi connectivity index (χ1v) is 7.98. The second kappa shape index (κ2) is 10.4. The summed E-state index contributed by atoms with van der Waals surface area (Å²) in [6.45, 7) is 12.4. The van der Waals surface area contributed by atoms with Gasteiger partial charge in [-0.05, 0) is 57.4 Å². The first-order valence-electron chi connectivity index (χ1n) is 7.98. The summed E-state index contributed by atoms with van der Waals surface area (Å²) in [7, 11) is 0. The lowest BCUT2D eigenvalue weighted by atomic mass is 10.2. The molecule has 0 aromatic rings. The van der Waals surface area contributed by atoms with E-state index < -0.39 is 0 Å². The third kappa shape index (κ3) is 6.99. The molecule has 122 valence electrons. The van der Waals surface area contributed by atoms with E-state index in [0.717, 1.165) is 30.7 Å². The molecule has 0 atom stereocenters. The van der Waals surface area contributed by atoms with Crippen LogP contribution in [0.2, 0.25) is 0 Å². The maximum atomic E-state index is 5.67. The molecule has 3 heteroatoms. The SMILES string of the molecule is C=CC(C#CC1=CC=C(N(CC)CCN)C=CC1)=NC=C(C)C. The molecule has 3 nitrogen and oxygen atoms in total. The Bertz CT molecular complexity index is 615. The molecule has 0 spiro atoms. The summed E-state index contributed by atoms with van der Waals surface area (Å²) in [5, 5.41) is 0. The van der Waals surface area contributed by atoms with Gasteiger partial charge < -0.3 is 10.6 Å². The highest BCUT2D eigenvalue weighted by molar-refractivity contribution is 6.09. The van der Waals surface area contributed by atoms with Crippen molar-refractivity contribution >= 4 is 5.71 Å². The molecule has 0 unspecified atom stereocenters. The van der Waals surface area contributed by atoms with Gasteiger partial charge >= 0.3 is 0 Å². The molecule has 1 aliphatic rings. The smallest absolute Gasteiger partial charge is 0.112 e. The maximum Gasteiger partial charge on any atom is 0.112 e. The summed E-state index contributed by atoms with van der Waals surface area (Å²) in [5.41, 5.74) is 9.72. The molecule has 0 saturated heterocycles. The van der Waals surface area contributed by atoms with Crippen LogP contribution in [0.25, 0.3) is 0 Å². The summed E-state index contributed by atoms with van der Waals surface area (Å²) in [4.78, 5) is 6.57. The lowest BCUT2D eigenvalue weighted by Gasteiger charge is -2.22. The van der Waals surface area contributed by atoms with E-state index in [4.69, 9.17) is 5.73 Å². The molecule has 0 saturated carbocycles. The summed E-state index contributed by atoms with van der Waals surface area (Å²) < 4.78 is 0. The molecule has 0 heterocycles. The van der Waals surface area contributed by atoms with E-state index in [1.807, 2.05) is 13.8 Å². The molecule has 0 bridgehead atoms. The lowest BCUT2D eigenvalue weighted by Crippen LogP contribution is -2.28. The summed E-state index contributed by atoms with van der Waals surface area (Å²) >= 11 is 0. The Morgan fingerprint density at radius 3 is 2.83 bits per heavy atom. The largest absolute Gasteiger partial charge is 0.371 e. The number of rotatable bonds is 6. The zero-order chi connectivity index (χ0) is 17.1. The highest BCUT2D eigenvalue weighted by Gasteiger charge is 2.05. The van der Waals surface area contributed by atoms with Gasteiger partial charge in [0.15, 0.2) is 0 Å². The van der Waals surface area contributed by atoms with Crippen LogP contribution in [-0.2, 0) is 0 Å². The van der Waals surface area contributed by atoms with Crippen molar-refractivity contribution in [2.45, 2.75) is 27.2 Å². The number of nitrogens with two attached hydrogens (primary N) is 1. The predicted octanol–water partition coefficient (Wildman–Crippen LogP) is 3.59. The van der Waals surface area contributed by atoms with Gasteiger partial charge in [0.25, 0.3) is 0 Å². The standard InChI is InChI=1S/C20H27N3/c1-5-19(22-16-17(3)4)12-10-18-8-7-9-20(13-11-18)23(6-2)15-14-21/h5,7,9,11,13,16H,1,6,8,14-15,21H2,2-4H3. The van der Waals surface area contributed by atoms with Gasteiger partial charge in [-0.15, -0.1) is 0 Å². The average Bonchev–Trinajstić information content (AvgIpc) is 2.78. The Morgan fingerprint density at radius 1 is 1.43 bits per heavy atom. The zero-order valence-corrected chi connectivity index (χ0v) is 14.5. The fourth-order valence-corrected chi connectivity index (χ4v) is 2.02. The average molecular weight is 309 g/mol. The first kappa shape index (κ1) is 18.7. The van der Waals surface area contributed by atoms with E-state index in [-0.39, 0.29) is 0 Å². The first-order chi connectivity index (χ1) is 11.1. The van der Waals surface area contributed by atoms with Gasteiger partial charge in [-0.3, -0.25) is 0 Å². The maximum absolute atomic E-state index is 5.67. The summed E-state index contributed by atoms with van der Waals surface area (Å²) in [5.74, 6) is 6.26. The Balaban J connectivity index is 2.93. The van der Waals surface area contributed by atoms with Crippen molar-refractivity contribution in [2.75, 3.05) is 19.6 Å². The molecule has 1 aliphatic carbocycles. The molecule has 0 aliphatic heterocycles. The van der Waals surface area contributed by atoms with Crippen LogP contribution < -0.4 is 5.73 Å². The van der Waals surface area contributed by atoms with Gasteiger partial charge in [0.05, 0.1) is 0 Å². The Labute approximate surface area is 140 Å². The van der Waals surface area contributed by atoms with Crippen molar-refractivity contribution in [1.82, 2.24) is 4.90 Å². The highest BCUT2D eigenvalue weighted by atomic mass is 15.1. The number of hydrogen-bond donors (Lipinski definition) is 1. The summed E-state index contributed by atoms with van der Waals surface area (Å²) in [6.07, 6.45) is 12.8. The lowest BCUT2D eigenvalue weighted by molar-refractivity contribution is 0.383. The number of nitrogens with zero attached hydrogens (tertiary/aromatic N) is 2. The van der Waals surface area contributed by atoms with E-state index in [9.17, 15) is 0 Å². The molecule has 0 amide bonds. The van der Waals surface area contributed by atoms with Crippen molar-refractivity contribution in [3.8, 4) is 11.8 Å². The molecule has 0 radical (unpaired) electrons. The minimum Gasteiger partial charge on any atom is -0.371 e. The molecule has 23 heavy (non-hydrogen) atoms. The van der Waals surface area contributed by atoms with Gasteiger partial charge in [0.1, 0.15) is 5.71 Å². The third-order valence-electron chi connectivity index (χ3n) is 3.23. The predicted molar refractivity (Wildman–Crippen MR) is 101 cm³/mol. The zero-order valence-electron chi connectivity index (χ0n) is 14.5. The van der Waals surface area contributed by atoms with Crippen LogP contribution in [0.4, 0.5) is 0 Å². The minimum absolute atomic E-state index is 0.652. The van der Waals surface area contributed by atoms with Crippen LogP contribution in [0, 0.1) is 11.8 Å². The molecule has 0 fully saturated rings. The van der Waals surface area contributed by atoms with Crippen molar-refractivity contribution in [3.63, 3.8) is 0 Å². The van der Waals surface area contributed by atoms with Crippen molar-refractivity contribution in [2.24, 2.45) is 10.7 Å².